The van der Waals surface area contributed by atoms with Crippen LogP contribution in [0, 0.1) is 3.57 Å². The Labute approximate surface area is 285 Å². The largest absolute Gasteiger partial charge is 0.436 e. The van der Waals surface area contributed by atoms with Crippen LogP contribution in [0.1, 0.15) is 0 Å². The summed E-state index contributed by atoms with van der Waals surface area (Å²) in [5.74, 6) is 0.637. The van der Waals surface area contributed by atoms with Crippen LogP contribution < -0.4 is 0 Å². The van der Waals surface area contributed by atoms with E-state index in [0.29, 0.717) is 5.89 Å². The summed E-state index contributed by atoms with van der Waals surface area (Å²) in [4.78, 5) is 4.78. The minimum Gasteiger partial charge on any atom is -0.436 e. The van der Waals surface area contributed by atoms with Crippen molar-refractivity contribution in [2.45, 2.75) is 0 Å². The third-order valence-corrected chi connectivity index (χ3v) is 9.83. The van der Waals surface area contributed by atoms with E-state index in [0.717, 1.165) is 31.5 Å². The Bertz CT molecular complexity index is 2580. The number of fused-ring (bicyclic) bond motifs is 4. The van der Waals surface area contributed by atoms with Gasteiger partial charge in [0.1, 0.15) is 5.52 Å². The van der Waals surface area contributed by atoms with Crippen molar-refractivity contribution in [3.05, 3.63) is 167 Å². The van der Waals surface area contributed by atoms with E-state index >= 15 is 0 Å². The second-order valence-electron chi connectivity index (χ2n) is 11.7. The molecule has 47 heavy (non-hydrogen) atoms. The summed E-state index contributed by atoms with van der Waals surface area (Å²) in [5, 5.41) is 2.49. The Balaban J connectivity index is 1.14. The summed E-state index contributed by atoms with van der Waals surface area (Å²) in [6.07, 6.45) is 0. The molecule has 0 spiro atoms. The lowest BCUT2D eigenvalue weighted by atomic mass is 9.89. The highest BCUT2D eigenvalue weighted by molar-refractivity contribution is 14.1. The lowest BCUT2D eigenvalue weighted by Crippen LogP contribution is -1.93. The fourth-order valence-electron chi connectivity index (χ4n) is 6.77. The van der Waals surface area contributed by atoms with Gasteiger partial charge in [-0.25, -0.2) is 4.98 Å². The van der Waals surface area contributed by atoms with E-state index in [1.54, 1.807) is 0 Å². The average Bonchev–Trinajstić information content (AvgIpc) is 3.73. The predicted octanol–water partition coefficient (Wildman–Crippen LogP) is 12.2. The zero-order valence-electron chi connectivity index (χ0n) is 25.3. The summed E-state index contributed by atoms with van der Waals surface area (Å²) in [5.41, 5.74) is 13.4. The first-order chi connectivity index (χ1) is 23.2. The molecule has 0 aliphatic heterocycles. The molecule has 0 radical (unpaired) electrons. The maximum absolute atomic E-state index is 6.10. The van der Waals surface area contributed by atoms with E-state index in [9.17, 15) is 0 Å². The van der Waals surface area contributed by atoms with E-state index in [4.69, 9.17) is 9.40 Å². The van der Waals surface area contributed by atoms with E-state index < -0.39 is 0 Å². The summed E-state index contributed by atoms with van der Waals surface area (Å²) in [7, 11) is 0. The number of oxazole rings is 1. The molecule has 222 valence electrons. The van der Waals surface area contributed by atoms with Crippen LogP contribution in [0.4, 0.5) is 0 Å². The molecule has 0 unspecified atom stereocenters. The van der Waals surface area contributed by atoms with Crippen LogP contribution >= 0.6 is 22.6 Å². The predicted molar refractivity (Wildman–Crippen MR) is 203 cm³/mol. The molecule has 0 atom stereocenters. The van der Waals surface area contributed by atoms with Crippen molar-refractivity contribution >= 4 is 55.5 Å². The molecule has 0 N–H and O–H groups in total. The summed E-state index contributed by atoms with van der Waals surface area (Å²) >= 11 is 2.31. The highest BCUT2D eigenvalue weighted by Gasteiger charge is 2.17. The Kier molecular flexibility index (Phi) is 6.75. The third kappa shape index (κ3) is 4.75. The average molecular weight is 715 g/mol. The topological polar surface area (TPSA) is 31.0 Å². The number of benzene rings is 7. The minimum atomic E-state index is 0.637. The maximum atomic E-state index is 6.10. The van der Waals surface area contributed by atoms with E-state index in [-0.39, 0.29) is 0 Å². The van der Waals surface area contributed by atoms with Gasteiger partial charge in [-0.15, -0.1) is 0 Å². The molecule has 4 heteroatoms. The molecular formula is C43H27IN2O. The van der Waals surface area contributed by atoms with Crippen LogP contribution in [-0.4, -0.2) is 9.55 Å². The van der Waals surface area contributed by atoms with Crippen LogP contribution in [0.5, 0.6) is 0 Å². The van der Waals surface area contributed by atoms with Crippen molar-refractivity contribution in [1.29, 1.82) is 0 Å². The minimum absolute atomic E-state index is 0.637. The Hall–Kier alpha value is -5.46. The SMILES string of the molecule is Ic1cccc2oc(-c3ccc(-c4ccccc4-c4ccccc4-c4ccc5c(c4)c4ccccc4n5-c4ccccc4)cc3)nc12. The van der Waals surface area contributed by atoms with Crippen LogP contribution in [-0.2, 0) is 0 Å². The molecule has 0 bridgehead atoms. The summed E-state index contributed by atoms with van der Waals surface area (Å²) in [6.45, 7) is 0. The van der Waals surface area contributed by atoms with Gasteiger partial charge in [0.2, 0.25) is 5.89 Å². The molecule has 0 saturated carbocycles. The molecule has 0 aliphatic rings. The number of rotatable bonds is 5. The molecule has 0 saturated heterocycles. The second kappa shape index (κ2) is 11.4. The highest BCUT2D eigenvalue weighted by Crippen LogP contribution is 2.41. The molecule has 9 aromatic rings. The van der Waals surface area contributed by atoms with Gasteiger partial charge in [0.05, 0.1) is 11.0 Å². The Morgan fingerprint density at radius 2 is 1.06 bits per heavy atom. The first-order valence-electron chi connectivity index (χ1n) is 15.7. The molecule has 3 nitrogen and oxygen atoms in total. The van der Waals surface area contributed by atoms with Gasteiger partial charge in [0.25, 0.3) is 0 Å². The van der Waals surface area contributed by atoms with Crippen molar-refractivity contribution in [3.8, 4) is 50.5 Å². The number of halogens is 1. The van der Waals surface area contributed by atoms with Gasteiger partial charge in [0, 0.05) is 25.6 Å². The van der Waals surface area contributed by atoms with Crippen molar-refractivity contribution in [2.24, 2.45) is 0 Å². The quantitative estimate of drug-likeness (QED) is 0.166. The van der Waals surface area contributed by atoms with Crippen molar-refractivity contribution in [3.63, 3.8) is 0 Å². The number of nitrogens with zero attached hydrogens (tertiary/aromatic N) is 2. The fraction of sp³-hybridized carbons (Fsp3) is 0. The standard InChI is InChI=1S/C43H27IN2O/c44-38-18-10-20-41-42(38)45-43(47-41)29-23-21-28(22-24-29)32-13-4-6-15-34(32)35-16-7-5-14-33(35)30-25-26-40-37(27-30)36-17-8-9-19-39(36)46(40)31-11-2-1-3-12-31/h1-27H. The van der Waals surface area contributed by atoms with Gasteiger partial charge in [-0.1, -0.05) is 109 Å². The Morgan fingerprint density at radius 3 is 1.81 bits per heavy atom. The molecular weight excluding hydrogens is 687 g/mol. The van der Waals surface area contributed by atoms with Crippen LogP contribution in [0.2, 0.25) is 0 Å². The number of hydrogen-bond donors (Lipinski definition) is 0. The fourth-order valence-corrected chi connectivity index (χ4v) is 7.36. The molecule has 0 amide bonds. The number of para-hydroxylation sites is 3. The van der Waals surface area contributed by atoms with E-state index in [2.05, 4.69) is 173 Å². The third-order valence-electron chi connectivity index (χ3n) is 8.95. The number of hydrogen-bond acceptors (Lipinski definition) is 2. The zero-order valence-corrected chi connectivity index (χ0v) is 27.4. The van der Waals surface area contributed by atoms with Gasteiger partial charge in [0.15, 0.2) is 5.58 Å². The van der Waals surface area contributed by atoms with E-state index in [1.807, 2.05) is 18.2 Å². The molecule has 9 rings (SSSR count). The van der Waals surface area contributed by atoms with Crippen molar-refractivity contribution in [2.75, 3.05) is 0 Å². The lowest BCUT2D eigenvalue weighted by molar-refractivity contribution is 0.620. The second-order valence-corrected chi connectivity index (χ2v) is 12.9. The van der Waals surface area contributed by atoms with Gasteiger partial charge in [-0.05, 0) is 111 Å². The van der Waals surface area contributed by atoms with Crippen LogP contribution in [0.25, 0.3) is 83.4 Å². The van der Waals surface area contributed by atoms with Crippen LogP contribution in [0.15, 0.2) is 168 Å². The zero-order chi connectivity index (χ0) is 31.3. The first-order valence-corrected chi connectivity index (χ1v) is 16.7. The normalized spacial score (nSPS) is 11.5. The van der Waals surface area contributed by atoms with Gasteiger partial charge >= 0.3 is 0 Å². The van der Waals surface area contributed by atoms with Crippen molar-refractivity contribution in [1.82, 2.24) is 9.55 Å². The first kappa shape index (κ1) is 27.8. The molecule has 7 aromatic carbocycles. The van der Waals surface area contributed by atoms with Crippen molar-refractivity contribution < 1.29 is 4.42 Å². The maximum Gasteiger partial charge on any atom is 0.227 e. The van der Waals surface area contributed by atoms with Gasteiger partial charge in [-0.2, -0.15) is 0 Å². The summed E-state index contributed by atoms with van der Waals surface area (Å²) < 4.78 is 9.55. The molecule has 2 heterocycles. The monoisotopic (exact) mass is 714 g/mol. The lowest BCUT2D eigenvalue weighted by Gasteiger charge is -2.15. The van der Waals surface area contributed by atoms with Gasteiger partial charge < -0.3 is 8.98 Å². The number of aromatic nitrogens is 2. The Morgan fingerprint density at radius 1 is 0.468 bits per heavy atom. The molecule has 0 aliphatic carbocycles. The van der Waals surface area contributed by atoms with Crippen LogP contribution in [0.3, 0.4) is 0 Å². The smallest absolute Gasteiger partial charge is 0.227 e. The molecule has 0 fully saturated rings. The van der Waals surface area contributed by atoms with E-state index in [1.165, 1.54) is 49.6 Å². The highest BCUT2D eigenvalue weighted by atomic mass is 127. The molecule has 2 aromatic heterocycles. The van der Waals surface area contributed by atoms with Gasteiger partial charge in [-0.3, -0.25) is 0 Å². The summed E-state index contributed by atoms with van der Waals surface area (Å²) in [6, 6.07) is 58.2.